The van der Waals surface area contributed by atoms with Crippen LogP contribution in [0.4, 0.5) is 5.13 Å². The number of nitrogens with one attached hydrogen (secondary N) is 2. The molecule has 0 radical (unpaired) electrons. The SMILES string of the molecule is CC(O/N=C(\C(=O)NC1C(=O)N(OS(=O)(=O)O)C1(C)C)c1csc(N)n1)(C(=O)O)C1CCc2cc(-c3cn(C[C@H](O)CO)c(=N)n3CCCN)ccc2O1. The van der Waals surface area contributed by atoms with Crippen LogP contribution in [0.15, 0.2) is 34.9 Å². The first-order chi connectivity index (χ1) is 25.3. The van der Waals surface area contributed by atoms with E-state index in [1.807, 2.05) is 6.07 Å². The van der Waals surface area contributed by atoms with Crippen LogP contribution in [0.5, 0.6) is 5.75 Å². The minimum absolute atomic E-state index is 0.00445. The minimum Gasteiger partial charge on any atom is -0.485 e. The number of hydroxylamine groups is 2. The van der Waals surface area contributed by atoms with Gasteiger partial charge < -0.3 is 50.8 Å². The molecule has 3 unspecified atom stereocenters. The van der Waals surface area contributed by atoms with Gasteiger partial charge in [-0.3, -0.25) is 19.6 Å². The minimum atomic E-state index is -5.05. The number of carboxylic acids is 1. The van der Waals surface area contributed by atoms with Crippen LogP contribution in [-0.2, 0) is 53.4 Å². The number of hydrogen-bond acceptors (Lipinski definition) is 16. The van der Waals surface area contributed by atoms with Crippen LogP contribution in [-0.4, -0.2) is 114 Å². The second-order valence-electron chi connectivity index (χ2n) is 13.3. The molecule has 0 bridgehead atoms. The number of hydrogen-bond donors (Lipinski definition) is 8. The lowest BCUT2D eigenvalue weighted by Gasteiger charge is -2.50. The molecular formula is C31H41N9O12S2. The van der Waals surface area contributed by atoms with Crippen LogP contribution >= 0.6 is 11.3 Å². The zero-order valence-electron chi connectivity index (χ0n) is 29.3. The molecule has 2 aliphatic heterocycles. The summed E-state index contributed by atoms with van der Waals surface area (Å²) in [4.78, 5) is 48.6. The van der Waals surface area contributed by atoms with Crippen LogP contribution in [0.3, 0.4) is 0 Å². The predicted molar refractivity (Wildman–Crippen MR) is 189 cm³/mol. The number of anilines is 1. The molecule has 0 aliphatic carbocycles. The lowest BCUT2D eigenvalue weighted by molar-refractivity contribution is -0.218. The van der Waals surface area contributed by atoms with Crippen molar-refractivity contribution in [2.75, 3.05) is 18.9 Å². The molecule has 294 valence electrons. The van der Waals surface area contributed by atoms with Gasteiger partial charge in [-0.05, 0) is 70.3 Å². The standard InChI is InChI=1S/C31H41N9O12S2/c1-30(2)24(26(44)40(30)52-54(47,48)49)36-25(43)23(19-15-53-28(33)35-19)37-51-31(3,27(45)46)22-8-6-17-11-16(5-7-21(17)50-22)20-13-38(12-18(42)14-41)29(34)39(20)10-4-9-32/h5,7,11,13,15,18,22,24,34,41-42H,4,6,8-10,12,14,32H2,1-3H3,(H2,33,35)(H,36,43)(H,45,46)(H,47,48,49)/b34-29?,37-23-/t18-,22?,24?,31?/m0/s1. The zero-order valence-corrected chi connectivity index (χ0v) is 31.0. The molecule has 54 heavy (non-hydrogen) atoms. The Morgan fingerprint density at radius 1 is 1.33 bits per heavy atom. The van der Waals surface area contributed by atoms with E-state index in [0.717, 1.165) is 22.5 Å². The van der Waals surface area contributed by atoms with E-state index in [0.29, 0.717) is 42.4 Å². The van der Waals surface area contributed by atoms with Crippen LogP contribution in [0.2, 0.25) is 0 Å². The van der Waals surface area contributed by atoms with E-state index < -0.39 is 69.9 Å². The van der Waals surface area contributed by atoms with Crippen molar-refractivity contribution in [2.24, 2.45) is 10.9 Å². The first-order valence-corrected chi connectivity index (χ1v) is 18.7. The number of aliphatic hydroxyl groups is 2. The molecule has 0 saturated carbocycles. The fourth-order valence-electron chi connectivity index (χ4n) is 6.01. The fraction of sp³-hybridized carbons (Fsp3) is 0.484. The summed E-state index contributed by atoms with van der Waals surface area (Å²) in [5.41, 5.74) is 9.43. The van der Waals surface area contributed by atoms with E-state index >= 15 is 0 Å². The number of amides is 2. The lowest BCUT2D eigenvalue weighted by atomic mass is 9.84. The molecule has 2 aromatic heterocycles. The number of benzene rings is 1. The highest BCUT2D eigenvalue weighted by Crippen LogP contribution is 2.37. The van der Waals surface area contributed by atoms with Gasteiger partial charge in [0.2, 0.25) is 5.62 Å². The van der Waals surface area contributed by atoms with E-state index in [1.54, 1.807) is 22.9 Å². The molecule has 0 spiro atoms. The van der Waals surface area contributed by atoms with E-state index in [2.05, 4.69) is 19.7 Å². The molecule has 21 nitrogen and oxygen atoms in total. The summed E-state index contributed by atoms with van der Waals surface area (Å²) in [6.45, 7) is 4.28. The number of carbonyl (C=O) groups excluding carboxylic acids is 2. The molecule has 10 N–H and O–H groups in total. The van der Waals surface area contributed by atoms with Gasteiger partial charge in [-0.2, -0.15) is 13.5 Å². The monoisotopic (exact) mass is 795 g/mol. The van der Waals surface area contributed by atoms with Crippen molar-refractivity contribution >= 4 is 50.4 Å². The highest BCUT2D eigenvalue weighted by Gasteiger charge is 2.58. The number of nitrogen functional groups attached to an aromatic ring is 1. The summed E-state index contributed by atoms with van der Waals surface area (Å²) in [5.74, 6) is -3.18. The predicted octanol–water partition coefficient (Wildman–Crippen LogP) is -1.03. The number of thiazole rings is 1. The number of ether oxygens (including phenoxy) is 1. The number of oxime groups is 1. The van der Waals surface area contributed by atoms with E-state index in [-0.39, 0.29) is 29.4 Å². The van der Waals surface area contributed by atoms with Crippen LogP contribution in [0.1, 0.15) is 44.9 Å². The van der Waals surface area contributed by atoms with Gasteiger partial charge in [0.1, 0.15) is 17.5 Å². The number of rotatable bonds is 16. The quantitative estimate of drug-likeness (QED) is 0.0372. The number of aromatic nitrogens is 3. The Labute approximate surface area is 312 Å². The van der Waals surface area contributed by atoms with Crippen LogP contribution in [0, 0.1) is 5.41 Å². The van der Waals surface area contributed by atoms with Gasteiger partial charge >= 0.3 is 16.4 Å². The Morgan fingerprint density at radius 3 is 2.65 bits per heavy atom. The van der Waals surface area contributed by atoms with Crippen molar-refractivity contribution in [3.8, 4) is 17.0 Å². The average Bonchev–Trinajstić information content (AvgIpc) is 3.68. The highest BCUT2D eigenvalue weighted by atomic mass is 32.3. The number of imidazole rings is 1. The molecule has 5 rings (SSSR count). The summed E-state index contributed by atoms with van der Waals surface area (Å²) in [7, 11) is -5.05. The number of aliphatic hydroxyl groups excluding tert-OH is 2. The maximum atomic E-state index is 13.5. The first-order valence-electron chi connectivity index (χ1n) is 16.5. The molecule has 1 saturated heterocycles. The Kier molecular flexibility index (Phi) is 11.5. The summed E-state index contributed by atoms with van der Waals surface area (Å²) >= 11 is 0.945. The number of fused-ring (bicyclic) bond motifs is 1. The number of carboxylic acid groups (broad SMARTS) is 1. The Bertz CT molecular complexity index is 2130. The van der Waals surface area contributed by atoms with Gasteiger partial charge in [-0.25, -0.2) is 9.78 Å². The molecule has 3 aromatic rings. The van der Waals surface area contributed by atoms with Crippen molar-refractivity contribution in [1.82, 2.24) is 24.5 Å². The van der Waals surface area contributed by atoms with Crippen LogP contribution < -0.4 is 27.1 Å². The topological polar surface area (TPSA) is 320 Å². The van der Waals surface area contributed by atoms with E-state index in [1.165, 1.54) is 30.7 Å². The van der Waals surface area contributed by atoms with E-state index in [9.17, 15) is 38.1 Å². The summed E-state index contributed by atoms with van der Waals surface area (Å²) in [6.07, 6.45) is 0.565. The highest BCUT2D eigenvalue weighted by molar-refractivity contribution is 7.80. The maximum Gasteiger partial charge on any atom is 0.418 e. The Hall–Kier alpha value is -4.91. The molecule has 2 aliphatic rings. The molecule has 23 heteroatoms. The number of nitrogens with zero attached hydrogens (tertiary/aromatic N) is 5. The number of aryl methyl sites for hydroxylation is 1. The molecule has 1 aromatic carbocycles. The number of β-lactam (4-membered cyclic amide) rings is 1. The van der Waals surface area contributed by atoms with Gasteiger partial charge in [-0.15, -0.1) is 15.6 Å². The second kappa shape index (κ2) is 15.4. The van der Waals surface area contributed by atoms with Crippen LogP contribution in [0.25, 0.3) is 11.3 Å². The van der Waals surface area contributed by atoms with Crippen molar-refractivity contribution in [1.29, 1.82) is 5.41 Å². The fourth-order valence-corrected chi connectivity index (χ4v) is 7.01. The smallest absolute Gasteiger partial charge is 0.418 e. The summed E-state index contributed by atoms with van der Waals surface area (Å²) < 4.78 is 45.2. The normalized spacial score (nSPS) is 19.9. The third-order valence-corrected chi connectivity index (χ3v) is 10.1. The molecule has 2 amide bonds. The van der Waals surface area contributed by atoms with Gasteiger partial charge in [0.25, 0.3) is 17.4 Å². The molecule has 4 heterocycles. The van der Waals surface area contributed by atoms with Crippen molar-refractivity contribution in [3.05, 3.63) is 46.7 Å². The Balaban J connectivity index is 1.39. The maximum absolute atomic E-state index is 13.5. The summed E-state index contributed by atoms with van der Waals surface area (Å²) in [6, 6.07) is 3.88. The zero-order chi connectivity index (χ0) is 39.7. The third kappa shape index (κ3) is 8.11. The molecule has 4 atom stereocenters. The number of carbonyl (C=O) groups is 3. The first kappa shape index (κ1) is 40.3. The van der Waals surface area contributed by atoms with E-state index in [4.69, 9.17) is 31.0 Å². The number of nitrogens with two attached hydrogens (primary N) is 2. The average molecular weight is 796 g/mol. The largest absolute Gasteiger partial charge is 0.485 e. The number of aliphatic carboxylic acids is 1. The molecule has 1 fully saturated rings. The van der Waals surface area contributed by atoms with Gasteiger partial charge in [0.15, 0.2) is 16.9 Å². The lowest BCUT2D eigenvalue weighted by Crippen LogP contribution is -2.76. The molecular weight excluding hydrogens is 755 g/mol. The van der Waals surface area contributed by atoms with Crippen molar-refractivity contribution in [3.63, 3.8) is 0 Å². The second-order valence-corrected chi connectivity index (χ2v) is 15.2. The van der Waals surface area contributed by atoms with Gasteiger partial charge in [0, 0.05) is 23.7 Å². The van der Waals surface area contributed by atoms with Gasteiger partial charge in [0.05, 0.1) is 30.5 Å². The van der Waals surface area contributed by atoms with Gasteiger partial charge in [-0.1, -0.05) is 5.16 Å². The Morgan fingerprint density at radius 2 is 2.06 bits per heavy atom. The van der Waals surface area contributed by atoms with Crippen molar-refractivity contribution in [2.45, 2.75) is 82.5 Å². The summed E-state index contributed by atoms with van der Waals surface area (Å²) in [5, 5.41) is 46.4. The third-order valence-electron chi connectivity index (χ3n) is 9.07. The van der Waals surface area contributed by atoms with Crippen molar-refractivity contribution < 1.29 is 56.5 Å².